The minimum atomic E-state index is -0.616. The molecular formula is C13H24N2O2. The number of aliphatic carboxylic acids is 1. The fourth-order valence-corrected chi connectivity index (χ4v) is 3.01. The lowest BCUT2D eigenvalue weighted by Gasteiger charge is -2.42. The Kier molecular flexibility index (Phi) is 3.73. The molecule has 0 aromatic rings. The van der Waals surface area contributed by atoms with Gasteiger partial charge in [-0.3, -0.25) is 9.69 Å². The third kappa shape index (κ3) is 2.80. The van der Waals surface area contributed by atoms with Crippen molar-refractivity contribution in [3.63, 3.8) is 0 Å². The van der Waals surface area contributed by atoms with Crippen LogP contribution in [0.15, 0.2) is 0 Å². The molecule has 1 heterocycles. The second-order valence-electron chi connectivity index (χ2n) is 5.94. The molecule has 2 rings (SSSR count). The first-order chi connectivity index (χ1) is 8.01. The number of piperazine rings is 1. The van der Waals surface area contributed by atoms with Crippen molar-refractivity contribution in [3.05, 3.63) is 0 Å². The van der Waals surface area contributed by atoms with E-state index in [9.17, 15) is 9.90 Å². The van der Waals surface area contributed by atoms with Gasteiger partial charge in [-0.25, -0.2) is 0 Å². The van der Waals surface area contributed by atoms with Crippen LogP contribution in [0.25, 0.3) is 0 Å². The molecule has 17 heavy (non-hydrogen) atoms. The van der Waals surface area contributed by atoms with Crippen LogP contribution in [0.3, 0.4) is 0 Å². The van der Waals surface area contributed by atoms with Gasteiger partial charge in [-0.2, -0.15) is 0 Å². The average Bonchev–Trinajstić information content (AvgIpc) is 2.31. The van der Waals surface area contributed by atoms with Crippen LogP contribution < -0.4 is 0 Å². The summed E-state index contributed by atoms with van der Waals surface area (Å²) in [6.07, 6.45) is 3.76. The minimum absolute atomic E-state index is 0.469. The molecule has 1 saturated heterocycles. The molecule has 1 aliphatic carbocycles. The van der Waals surface area contributed by atoms with Crippen LogP contribution in [0.1, 0.15) is 32.6 Å². The van der Waals surface area contributed by atoms with Crippen molar-refractivity contribution in [1.82, 2.24) is 9.80 Å². The van der Waals surface area contributed by atoms with E-state index >= 15 is 0 Å². The molecule has 0 bridgehead atoms. The SMILES string of the molecule is CN1CCN(C2CCC(C)(C(=O)O)CC2)CC1. The lowest BCUT2D eigenvalue weighted by atomic mass is 9.73. The van der Waals surface area contributed by atoms with E-state index in [0.717, 1.165) is 51.9 Å². The summed E-state index contributed by atoms with van der Waals surface area (Å²) in [6.45, 7) is 6.48. The molecule has 1 N–H and O–H groups in total. The Hall–Kier alpha value is -0.610. The molecule has 0 amide bonds. The standard InChI is InChI=1S/C13H24N2O2/c1-13(12(16)17)5-3-11(4-6-13)15-9-7-14(2)8-10-15/h11H,3-10H2,1-2H3,(H,16,17). The number of carbonyl (C=O) groups is 1. The third-order valence-corrected chi connectivity index (χ3v) is 4.63. The minimum Gasteiger partial charge on any atom is -0.481 e. The normalized spacial score (nSPS) is 36.9. The highest BCUT2D eigenvalue weighted by atomic mass is 16.4. The van der Waals surface area contributed by atoms with Gasteiger partial charge in [0.15, 0.2) is 0 Å². The van der Waals surface area contributed by atoms with E-state index in [2.05, 4.69) is 16.8 Å². The molecule has 0 spiro atoms. The average molecular weight is 240 g/mol. The molecule has 1 aliphatic heterocycles. The van der Waals surface area contributed by atoms with Crippen LogP contribution in [0.4, 0.5) is 0 Å². The van der Waals surface area contributed by atoms with E-state index in [1.165, 1.54) is 0 Å². The summed E-state index contributed by atoms with van der Waals surface area (Å²) in [5, 5.41) is 9.21. The number of nitrogens with zero attached hydrogens (tertiary/aromatic N) is 2. The Morgan fingerprint density at radius 2 is 1.71 bits per heavy atom. The zero-order chi connectivity index (χ0) is 12.5. The largest absolute Gasteiger partial charge is 0.481 e. The van der Waals surface area contributed by atoms with Crippen LogP contribution >= 0.6 is 0 Å². The number of likely N-dealkylation sites (N-methyl/N-ethyl adjacent to an activating group) is 1. The highest BCUT2D eigenvalue weighted by Crippen LogP contribution is 2.37. The molecule has 98 valence electrons. The summed E-state index contributed by atoms with van der Waals surface area (Å²) in [5.41, 5.74) is -0.469. The van der Waals surface area contributed by atoms with Crippen molar-refractivity contribution >= 4 is 5.97 Å². The van der Waals surface area contributed by atoms with Crippen molar-refractivity contribution in [3.8, 4) is 0 Å². The molecule has 4 heteroatoms. The second kappa shape index (κ2) is 4.94. The first-order valence-electron chi connectivity index (χ1n) is 6.67. The van der Waals surface area contributed by atoms with Crippen molar-refractivity contribution in [2.45, 2.75) is 38.6 Å². The molecule has 0 radical (unpaired) electrons. The van der Waals surface area contributed by atoms with E-state index in [1.807, 2.05) is 6.92 Å². The summed E-state index contributed by atoms with van der Waals surface area (Å²) in [5.74, 6) is -0.616. The van der Waals surface area contributed by atoms with Gasteiger partial charge < -0.3 is 10.0 Å². The topological polar surface area (TPSA) is 43.8 Å². The highest BCUT2D eigenvalue weighted by Gasteiger charge is 2.39. The Balaban J connectivity index is 1.85. The van der Waals surface area contributed by atoms with Crippen molar-refractivity contribution < 1.29 is 9.90 Å². The maximum atomic E-state index is 11.2. The van der Waals surface area contributed by atoms with Crippen LogP contribution in [0.2, 0.25) is 0 Å². The number of carboxylic acids is 1. The van der Waals surface area contributed by atoms with E-state index < -0.39 is 11.4 Å². The molecule has 2 fully saturated rings. The molecule has 1 saturated carbocycles. The number of rotatable bonds is 2. The summed E-state index contributed by atoms with van der Waals surface area (Å²) in [6, 6.07) is 0.621. The quantitative estimate of drug-likeness (QED) is 0.789. The Labute approximate surface area is 104 Å². The van der Waals surface area contributed by atoms with Gasteiger partial charge in [-0.05, 0) is 39.7 Å². The zero-order valence-electron chi connectivity index (χ0n) is 11.0. The Morgan fingerprint density at radius 1 is 1.18 bits per heavy atom. The lowest BCUT2D eigenvalue weighted by Crippen LogP contribution is -2.51. The summed E-state index contributed by atoms with van der Waals surface area (Å²) in [7, 11) is 2.17. The first kappa shape index (κ1) is 12.8. The maximum Gasteiger partial charge on any atom is 0.309 e. The van der Waals surface area contributed by atoms with Gasteiger partial charge in [0, 0.05) is 32.2 Å². The smallest absolute Gasteiger partial charge is 0.309 e. The second-order valence-corrected chi connectivity index (χ2v) is 5.94. The maximum absolute atomic E-state index is 11.2. The molecule has 4 nitrogen and oxygen atoms in total. The monoisotopic (exact) mass is 240 g/mol. The van der Waals surface area contributed by atoms with E-state index in [0.29, 0.717) is 6.04 Å². The van der Waals surface area contributed by atoms with E-state index in [4.69, 9.17) is 0 Å². The predicted octanol–water partition coefficient (Wildman–Crippen LogP) is 1.27. The number of hydrogen-bond donors (Lipinski definition) is 1. The lowest BCUT2D eigenvalue weighted by molar-refractivity contribution is -0.150. The van der Waals surface area contributed by atoms with Gasteiger partial charge in [-0.15, -0.1) is 0 Å². The Bertz CT molecular complexity index is 277. The predicted molar refractivity (Wildman–Crippen MR) is 67.1 cm³/mol. The van der Waals surface area contributed by atoms with Gasteiger partial charge in [-0.1, -0.05) is 0 Å². The zero-order valence-corrected chi connectivity index (χ0v) is 11.0. The Morgan fingerprint density at radius 3 is 2.18 bits per heavy atom. The molecule has 0 aromatic heterocycles. The summed E-state index contributed by atoms with van der Waals surface area (Å²) in [4.78, 5) is 16.1. The van der Waals surface area contributed by atoms with Gasteiger partial charge >= 0.3 is 5.97 Å². The van der Waals surface area contributed by atoms with E-state index in [1.54, 1.807) is 0 Å². The molecule has 0 aromatic carbocycles. The van der Waals surface area contributed by atoms with Crippen molar-refractivity contribution in [1.29, 1.82) is 0 Å². The third-order valence-electron chi connectivity index (χ3n) is 4.63. The van der Waals surface area contributed by atoms with Crippen LogP contribution in [0.5, 0.6) is 0 Å². The van der Waals surface area contributed by atoms with Gasteiger partial charge in [0.2, 0.25) is 0 Å². The van der Waals surface area contributed by atoms with Crippen molar-refractivity contribution in [2.24, 2.45) is 5.41 Å². The van der Waals surface area contributed by atoms with Crippen LogP contribution in [-0.4, -0.2) is 60.1 Å². The highest BCUT2D eigenvalue weighted by molar-refractivity contribution is 5.74. The summed E-state index contributed by atoms with van der Waals surface area (Å²) < 4.78 is 0. The van der Waals surface area contributed by atoms with Crippen LogP contribution in [-0.2, 0) is 4.79 Å². The van der Waals surface area contributed by atoms with Gasteiger partial charge in [0.25, 0.3) is 0 Å². The first-order valence-corrected chi connectivity index (χ1v) is 6.67. The molecule has 0 unspecified atom stereocenters. The van der Waals surface area contributed by atoms with E-state index in [-0.39, 0.29) is 0 Å². The van der Waals surface area contributed by atoms with Crippen LogP contribution in [0, 0.1) is 5.41 Å². The molecule has 0 atom stereocenters. The fraction of sp³-hybridized carbons (Fsp3) is 0.923. The van der Waals surface area contributed by atoms with Gasteiger partial charge in [0.1, 0.15) is 0 Å². The van der Waals surface area contributed by atoms with Gasteiger partial charge in [0.05, 0.1) is 5.41 Å². The number of hydrogen-bond acceptors (Lipinski definition) is 3. The molecular weight excluding hydrogens is 216 g/mol. The summed E-state index contributed by atoms with van der Waals surface area (Å²) >= 11 is 0. The molecule has 2 aliphatic rings. The van der Waals surface area contributed by atoms with Crippen molar-refractivity contribution in [2.75, 3.05) is 33.2 Å². The fourth-order valence-electron chi connectivity index (χ4n) is 3.01. The number of carboxylic acid groups (broad SMARTS) is 1.